The van der Waals surface area contributed by atoms with Crippen LogP contribution in [0.5, 0.6) is 0 Å². The third-order valence-corrected chi connectivity index (χ3v) is 3.40. The number of imide groups is 1. The summed E-state index contributed by atoms with van der Waals surface area (Å²) in [5, 5.41) is 21.9. The molecule has 0 saturated carbocycles. The number of rotatable bonds is 3. The first-order valence-corrected chi connectivity index (χ1v) is 6.32. The highest BCUT2D eigenvalue weighted by molar-refractivity contribution is 6.35. The van der Waals surface area contributed by atoms with Crippen molar-refractivity contribution < 1.29 is 19.4 Å². The van der Waals surface area contributed by atoms with E-state index in [1.165, 1.54) is 12.1 Å². The summed E-state index contributed by atoms with van der Waals surface area (Å²) in [6, 6.07) is 8.76. The number of nitro groups is 2. The zero-order valence-electron chi connectivity index (χ0n) is 11.3. The van der Waals surface area contributed by atoms with E-state index in [1.807, 2.05) is 0 Å². The first kappa shape index (κ1) is 14.3. The van der Waals surface area contributed by atoms with Crippen LogP contribution in [0.3, 0.4) is 0 Å². The molecule has 0 spiro atoms. The molecule has 2 amide bonds. The predicted octanol–water partition coefficient (Wildman–Crippen LogP) is 2.30. The number of nitrogens with zero attached hydrogens (tertiary/aromatic N) is 3. The van der Waals surface area contributed by atoms with Gasteiger partial charge in [0.05, 0.1) is 27.0 Å². The summed E-state index contributed by atoms with van der Waals surface area (Å²) in [5.41, 5.74) is -1.23. The third-order valence-electron chi connectivity index (χ3n) is 3.40. The van der Waals surface area contributed by atoms with Crippen molar-refractivity contribution in [2.45, 2.75) is 0 Å². The van der Waals surface area contributed by atoms with E-state index in [0.717, 1.165) is 18.2 Å². The Balaban J connectivity index is 2.17. The van der Waals surface area contributed by atoms with E-state index >= 15 is 0 Å². The fraction of sp³-hybridized carbons (Fsp3) is 0. The normalized spacial score (nSPS) is 13.1. The minimum Gasteiger partial charge on any atom is -0.268 e. The minimum absolute atomic E-state index is 0.130. The fourth-order valence-corrected chi connectivity index (χ4v) is 2.37. The molecule has 3 rings (SSSR count). The molecule has 0 atom stereocenters. The Hall–Kier alpha value is -3.62. The molecule has 0 N–H and O–H groups in total. The molecule has 2 aromatic rings. The molecule has 0 fully saturated rings. The lowest BCUT2D eigenvalue weighted by Crippen LogP contribution is -2.30. The van der Waals surface area contributed by atoms with Gasteiger partial charge in [-0.05, 0) is 18.2 Å². The first-order valence-electron chi connectivity index (χ1n) is 6.32. The smallest absolute Gasteiger partial charge is 0.268 e. The lowest BCUT2D eigenvalue weighted by atomic mass is 10.1. The zero-order chi connectivity index (χ0) is 16.7. The zero-order valence-corrected chi connectivity index (χ0v) is 11.3. The quantitative estimate of drug-likeness (QED) is 0.486. The van der Waals surface area contributed by atoms with Crippen molar-refractivity contribution in [3.63, 3.8) is 0 Å². The number of hydrogen-bond acceptors (Lipinski definition) is 6. The number of carbonyl (C=O) groups is 2. The van der Waals surface area contributed by atoms with Crippen LogP contribution in [0.1, 0.15) is 20.7 Å². The molecule has 0 bridgehead atoms. The van der Waals surface area contributed by atoms with Crippen LogP contribution in [0, 0.1) is 20.2 Å². The van der Waals surface area contributed by atoms with E-state index in [2.05, 4.69) is 0 Å². The van der Waals surface area contributed by atoms with Gasteiger partial charge in [-0.2, -0.15) is 0 Å². The van der Waals surface area contributed by atoms with E-state index in [0.29, 0.717) is 4.90 Å². The van der Waals surface area contributed by atoms with Crippen LogP contribution < -0.4 is 4.90 Å². The summed E-state index contributed by atoms with van der Waals surface area (Å²) in [6.45, 7) is 0. The van der Waals surface area contributed by atoms with Crippen LogP contribution in [-0.4, -0.2) is 21.7 Å². The van der Waals surface area contributed by atoms with E-state index in [1.54, 1.807) is 12.1 Å². The summed E-state index contributed by atoms with van der Waals surface area (Å²) < 4.78 is 0. The maximum absolute atomic E-state index is 12.3. The number of hydrogen-bond donors (Lipinski definition) is 0. The molecule has 0 saturated heterocycles. The monoisotopic (exact) mass is 313 g/mol. The van der Waals surface area contributed by atoms with Crippen LogP contribution >= 0.6 is 0 Å². The largest absolute Gasteiger partial charge is 0.300 e. The van der Waals surface area contributed by atoms with Gasteiger partial charge in [-0.3, -0.25) is 29.8 Å². The van der Waals surface area contributed by atoms with Gasteiger partial charge in [0.15, 0.2) is 0 Å². The summed E-state index contributed by atoms with van der Waals surface area (Å²) in [7, 11) is 0. The highest BCUT2D eigenvalue weighted by atomic mass is 16.6. The van der Waals surface area contributed by atoms with Crippen molar-refractivity contribution in [1.82, 2.24) is 0 Å². The number of amides is 2. The van der Waals surface area contributed by atoms with Gasteiger partial charge in [0, 0.05) is 6.07 Å². The van der Waals surface area contributed by atoms with Crippen molar-refractivity contribution in [2.75, 3.05) is 4.90 Å². The van der Waals surface area contributed by atoms with Crippen molar-refractivity contribution in [3.8, 4) is 0 Å². The Labute approximate surface area is 128 Å². The molecule has 1 aliphatic heterocycles. The van der Waals surface area contributed by atoms with E-state index < -0.39 is 33.0 Å². The Morgan fingerprint density at radius 2 is 1.39 bits per heavy atom. The molecule has 0 radical (unpaired) electrons. The van der Waals surface area contributed by atoms with Crippen molar-refractivity contribution in [3.05, 3.63) is 73.8 Å². The molecule has 2 aromatic carbocycles. The SMILES string of the molecule is O=C1c2ccccc2C(=O)N1c1ccc([N+](=O)[O-])cc1[N+](=O)[O-]. The summed E-state index contributed by atoms with van der Waals surface area (Å²) in [5.74, 6) is -1.41. The molecule has 0 aliphatic carbocycles. The molecule has 9 nitrogen and oxygen atoms in total. The number of carbonyl (C=O) groups excluding carboxylic acids is 2. The minimum atomic E-state index is -0.869. The van der Waals surface area contributed by atoms with Gasteiger partial charge >= 0.3 is 0 Å². The van der Waals surface area contributed by atoms with Gasteiger partial charge < -0.3 is 0 Å². The van der Waals surface area contributed by atoms with Gasteiger partial charge in [0.2, 0.25) is 0 Å². The highest BCUT2D eigenvalue weighted by Crippen LogP contribution is 2.36. The van der Waals surface area contributed by atoms with Gasteiger partial charge in [0.25, 0.3) is 23.2 Å². The maximum Gasteiger partial charge on any atom is 0.300 e. The number of nitro benzene ring substituents is 2. The molecule has 1 aliphatic rings. The summed E-state index contributed by atoms with van der Waals surface area (Å²) >= 11 is 0. The predicted molar refractivity (Wildman–Crippen MR) is 77.3 cm³/mol. The van der Waals surface area contributed by atoms with Gasteiger partial charge in [-0.25, -0.2) is 4.90 Å². The first-order chi connectivity index (χ1) is 10.9. The Morgan fingerprint density at radius 3 is 1.87 bits per heavy atom. The summed E-state index contributed by atoms with van der Waals surface area (Å²) in [6.07, 6.45) is 0. The van der Waals surface area contributed by atoms with Crippen LogP contribution in [0.25, 0.3) is 0 Å². The molecule has 23 heavy (non-hydrogen) atoms. The van der Waals surface area contributed by atoms with Crippen molar-refractivity contribution >= 4 is 28.9 Å². The Bertz CT molecular complexity index is 857. The summed E-state index contributed by atoms with van der Waals surface area (Å²) in [4.78, 5) is 45.6. The van der Waals surface area contributed by atoms with Gasteiger partial charge in [0.1, 0.15) is 5.69 Å². The van der Waals surface area contributed by atoms with Crippen LogP contribution in [0.15, 0.2) is 42.5 Å². The highest BCUT2D eigenvalue weighted by Gasteiger charge is 2.40. The average molecular weight is 313 g/mol. The second-order valence-electron chi connectivity index (χ2n) is 4.68. The number of fused-ring (bicyclic) bond motifs is 1. The van der Waals surface area contributed by atoms with Crippen LogP contribution in [0.2, 0.25) is 0 Å². The standard InChI is InChI=1S/C14H7N3O6/c18-13-9-3-1-2-4-10(9)14(19)15(13)11-6-5-8(16(20)21)7-12(11)17(22)23/h1-7H. The number of anilines is 1. The van der Waals surface area contributed by atoms with Gasteiger partial charge in [-0.1, -0.05) is 12.1 Å². The second-order valence-corrected chi connectivity index (χ2v) is 4.68. The van der Waals surface area contributed by atoms with E-state index in [4.69, 9.17) is 0 Å². The molecule has 114 valence electrons. The lowest BCUT2D eigenvalue weighted by molar-refractivity contribution is -0.393. The molecule has 0 unspecified atom stereocenters. The molecular weight excluding hydrogens is 306 g/mol. The molecule has 0 aromatic heterocycles. The van der Waals surface area contributed by atoms with Crippen molar-refractivity contribution in [1.29, 1.82) is 0 Å². The number of benzene rings is 2. The van der Waals surface area contributed by atoms with Crippen LogP contribution in [0.4, 0.5) is 17.1 Å². The van der Waals surface area contributed by atoms with Crippen molar-refractivity contribution in [2.24, 2.45) is 0 Å². The third kappa shape index (κ3) is 2.11. The Kier molecular flexibility index (Phi) is 3.10. The van der Waals surface area contributed by atoms with Gasteiger partial charge in [-0.15, -0.1) is 0 Å². The molecular formula is C14H7N3O6. The second kappa shape index (κ2) is 4.98. The number of non-ortho nitro benzene ring substituents is 1. The maximum atomic E-state index is 12.3. The van der Waals surface area contributed by atoms with E-state index in [9.17, 15) is 29.8 Å². The lowest BCUT2D eigenvalue weighted by Gasteiger charge is -2.13. The fourth-order valence-electron chi connectivity index (χ4n) is 2.37. The Morgan fingerprint density at radius 1 is 0.826 bits per heavy atom. The van der Waals surface area contributed by atoms with Crippen LogP contribution in [-0.2, 0) is 0 Å². The molecule has 1 heterocycles. The average Bonchev–Trinajstić information content (AvgIpc) is 2.78. The van der Waals surface area contributed by atoms with E-state index in [-0.39, 0.29) is 16.8 Å². The topological polar surface area (TPSA) is 124 Å². The molecule has 9 heteroatoms.